The highest BCUT2D eigenvalue weighted by Gasteiger charge is 2.17. The summed E-state index contributed by atoms with van der Waals surface area (Å²) in [4.78, 5) is 24.5. The van der Waals surface area contributed by atoms with Gasteiger partial charge in [0, 0.05) is 23.8 Å². The van der Waals surface area contributed by atoms with Gasteiger partial charge in [-0.2, -0.15) is 5.26 Å². The third-order valence-corrected chi connectivity index (χ3v) is 6.97. The Balaban J connectivity index is 1.64. The molecule has 0 saturated heterocycles. The second kappa shape index (κ2) is 9.76. The van der Waals surface area contributed by atoms with E-state index in [2.05, 4.69) is 31.1 Å². The molecule has 164 valence electrons. The Hall–Kier alpha value is -3.49. The Kier molecular flexibility index (Phi) is 7.07. The standard InChI is InChI=1S/C21H20N6O3S2/c1-13-14(2)18(11-22)20(25-15(13)3)31-12-19(28)26-16-5-7-17(8-6-16)32(29,30)27-21-23-9-4-10-24-21/h4-10H,12H2,1-3H3,(H,26,28)(H,23,24,27). The summed E-state index contributed by atoms with van der Waals surface area (Å²) in [6.07, 6.45) is 2.85. The fourth-order valence-electron chi connectivity index (χ4n) is 2.73. The highest BCUT2D eigenvalue weighted by molar-refractivity contribution is 8.00. The van der Waals surface area contributed by atoms with E-state index in [0.717, 1.165) is 16.8 Å². The van der Waals surface area contributed by atoms with E-state index in [-0.39, 0.29) is 22.5 Å². The van der Waals surface area contributed by atoms with Crippen molar-refractivity contribution in [1.82, 2.24) is 15.0 Å². The van der Waals surface area contributed by atoms with E-state index >= 15 is 0 Å². The Morgan fingerprint density at radius 2 is 1.75 bits per heavy atom. The molecule has 3 rings (SSSR count). The van der Waals surface area contributed by atoms with E-state index in [1.165, 1.54) is 48.4 Å². The van der Waals surface area contributed by atoms with Crippen LogP contribution >= 0.6 is 11.8 Å². The van der Waals surface area contributed by atoms with Gasteiger partial charge in [-0.05, 0) is 62.2 Å². The molecule has 2 aromatic heterocycles. The topological polar surface area (TPSA) is 138 Å². The molecule has 2 N–H and O–H groups in total. The largest absolute Gasteiger partial charge is 0.325 e. The summed E-state index contributed by atoms with van der Waals surface area (Å²) in [5.41, 5.74) is 3.54. The van der Waals surface area contributed by atoms with Crippen molar-refractivity contribution >= 4 is 39.3 Å². The predicted molar refractivity (Wildman–Crippen MR) is 122 cm³/mol. The first kappa shape index (κ1) is 23.2. The lowest BCUT2D eigenvalue weighted by Gasteiger charge is -2.11. The summed E-state index contributed by atoms with van der Waals surface area (Å²) in [6.45, 7) is 5.63. The van der Waals surface area contributed by atoms with Crippen LogP contribution in [0.4, 0.5) is 11.6 Å². The molecule has 3 aromatic rings. The molecule has 1 aromatic carbocycles. The number of hydrogen-bond donors (Lipinski definition) is 2. The number of amides is 1. The number of pyridine rings is 1. The number of aromatic nitrogens is 3. The molecule has 32 heavy (non-hydrogen) atoms. The maximum absolute atomic E-state index is 12.4. The second-order valence-electron chi connectivity index (χ2n) is 6.78. The van der Waals surface area contributed by atoms with Crippen LogP contribution in [0.2, 0.25) is 0 Å². The number of sulfonamides is 1. The van der Waals surface area contributed by atoms with Gasteiger partial charge in [0.1, 0.15) is 11.1 Å². The minimum atomic E-state index is -3.85. The summed E-state index contributed by atoms with van der Waals surface area (Å²) in [7, 11) is -3.85. The van der Waals surface area contributed by atoms with Crippen LogP contribution in [-0.4, -0.2) is 35.0 Å². The Morgan fingerprint density at radius 1 is 1.09 bits per heavy atom. The van der Waals surface area contributed by atoms with Crippen LogP contribution in [0, 0.1) is 32.1 Å². The summed E-state index contributed by atoms with van der Waals surface area (Å²) >= 11 is 1.18. The monoisotopic (exact) mass is 468 g/mol. The molecule has 2 heterocycles. The molecule has 0 unspecified atom stereocenters. The van der Waals surface area contributed by atoms with Crippen molar-refractivity contribution in [2.24, 2.45) is 0 Å². The first-order chi connectivity index (χ1) is 15.2. The van der Waals surface area contributed by atoms with Crippen LogP contribution in [0.3, 0.4) is 0 Å². The van der Waals surface area contributed by atoms with Crippen LogP contribution in [0.25, 0.3) is 0 Å². The highest BCUT2D eigenvalue weighted by Crippen LogP contribution is 2.26. The Bertz CT molecular complexity index is 1290. The molecule has 11 heteroatoms. The van der Waals surface area contributed by atoms with E-state index in [1.54, 1.807) is 6.07 Å². The van der Waals surface area contributed by atoms with Gasteiger partial charge in [0.25, 0.3) is 10.0 Å². The van der Waals surface area contributed by atoms with Crippen molar-refractivity contribution in [1.29, 1.82) is 5.26 Å². The lowest BCUT2D eigenvalue weighted by Crippen LogP contribution is -2.16. The van der Waals surface area contributed by atoms with Crippen LogP contribution < -0.4 is 10.0 Å². The number of nitrogens with zero attached hydrogens (tertiary/aromatic N) is 4. The molecule has 0 atom stereocenters. The van der Waals surface area contributed by atoms with E-state index in [4.69, 9.17) is 0 Å². The molecular weight excluding hydrogens is 448 g/mol. The third-order valence-electron chi connectivity index (χ3n) is 4.65. The fourth-order valence-corrected chi connectivity index (χ4v) is 4.57. The van der Waals surface area contributed by atoms with E-state index in [0.29, 0.717) is 16.3 Å². The van der Waals surface area contributed by atoms with E-state index in [1.807, 2.05) is 20.8 Å². The van der Waals surface area contributed by atoms with Crippen molar-refractivity contribution in [3.05, 3.63) is 65.1 Å². The number of aryl methyl sites for hydroxylation is 1. The number of hydrogen-bond acceptors (Lipinski definition) is 8. The molecule has 0 radical (unpaired) electrons. The Labute approximate surface area is 190 Å². The normalized spacial score (nSPS) is 10.9. The van der Waals surface area contributed by atoms with Gasteiger partial charge in [0.05, 0.1) is 16.2 Å². The first-order valence-corrected chi connectivity index (χ1v) is 11.9. The lowest BCUT2D eigenvalue weighted by atomic mass is 10.1. The maximum atomic E-state index is 12.4. The molecule has 1 amide bonds. The molecule has 0 bridgehead atoms. The molecule has 0 saturated carbocycles. The fraction of sp³-hybridized carbons (Fsp3) is 0.190. The molecule has 0 aliphatic heterocycles. The van der Waals surface area contributed by atoms with E-state index < -0.39 is 10.0 Å². The van der Waals surface area contributed by atoms with E-state index in [9.17, 15) is 18.5 Å². The smallest absolute Gasteiger partial charge is 0.264 e. The van der Waals surface area contributed by atoms with Crippen molar-refractivity contribution in [3.8, 4) is 6.07 Å². The van der Waals surface area contributed by atoms with Crippen LogP contribution in [0.1, 0.15) is 22.4 Å². The quantitative estimate of drug-likeness (QED) is 0.504. The zero-order chi connectivity index (χ0) is 23.3. The lowest BCUT2D eigenvalue weighted by molar-refractivity contribution is -0.113. The van der Waals surface area contributed by atoms with Gasteiger partial charge in [-0.1, -0.05) is 11.8 Å². The number of nitrogens with one attached hydrogen (secondary N) is 2. The van der Waals surface area contributed by atoms with Gasteiger partial charge in [-0.3, -0.25) is 4.79 Å². The van der Waals surface area contributed by atoms with Gasteiger partial charge in [-0.25, -0.2) is 28.1 Å². The minimum absolute atomic E-state index is 0.00537. The number of anilines is 2. The average molecular weight is 469 g/mol. The molecule has 0 aliphatic carbocycles. The first-order valence-electron chi connectivity index (χ1n) is 9.41. The number of carbonyl (C=O) groups is 1. The van der Waals surface area contributed by atoms with Crippen LogP contribution in [0.5, 0.6) is 0 Å². The van der Waals surface area contributed by atoms with Gasteiger partial charge in [-0.15, -0.1) is 0 Å². The van der Waals surface area contributed by atoms with Gasteiger partial charge >= 0.3 is 0 Å². The maximum Gasteiger partial charge on any atom is 0.264 e. The predicted octanol–water partition coefficient (Wildman–Crippen LogP) is 3.20. The van der Waals surface area contributed by atoms with Gasteiger partial charge < -0.3 is 5.32 Å². The van der Waals surface area contributed by atoms with Gasteiger partial charge in [0.15, 0.2) is 0 Å². The van der Waals surface area contributed by atoms with Gasteiger partial charge in [0.2, 0.25) is 11.9 Å². The zero-order valence-corrected chi connectivity index (χ0v) is 19.2. The molecule has 0 aliphatic rings. The number of thioether (sulfide) groups is 1. The number of nitriles is 1. The summed E-state index contributed by atoms with van der Waals surface area (Å²) < 4.78 is 27.1. The van der Waals surface area contributed by atoms with Crippen LogP contribution in [0.15, 0.2) is 52.6 Å². The average Bonchev–Trinajstić information content (AvgIpc) is 2.77. The molecule has 0 fully saturated rings. The van der Waals surface area contributed by atoms with Crippen LogP contribution in [-0.2, 0) is 14.8 Å². The van der Waals surface area contributed by atoms with Crippen molar-refractivity contribution in [3.63, 3.8) is 0 Å². The molecule has 0 spiro atoms. The number of carbonyl (C=O) groups excluding carboxylic acids is 1. The highest BCUT2D eigenvalue weighted by atomic mass is 32.2. The molecular formula is C21H20N6O3S2. The zero-order valence-electron chi connectivity index (χ0n) is 17.6. The summed E-state index contributed by atoms with van der Waals surface area (Å²) in [5, 5.41) is 12.7. The number of benzene rings is 1. The SMILES string of the molecule is Cc1nc(SCC(=O)Nc2ccc(S(=O)(=O)Nc3ncccn3)cc2)c(C#N)c(C)c1C. The number of rotatable bonds is 7. The van der Waals surface area contributed by atoms with Crippen molar-refractivity contribution < 1.29 is 13.2 Å². The summed E-state index contributed by atoms with van der Waals surface area (Å²) in [6, 6.07) is 9.45. The Morgan fingerprint density at radius 3 is 2.38 bits per heavy atom. The third kappa shape index (κ3) is 5.40. The van der Waals surface area contributed by atoms with Crippen molar-refractivity contribution in [2.75, 3.05) is 15.8 Å². The second-order valence-corrected chi connectivity index (χ2v) is 9.42. The van der Waals surface area contributed by atoms with Crippen molar-refractivity contribution in [2.45, 2.75) is 30.7 Å². The minimum Gasteiger partial charge on any atom is -0.325 e. The molecule has 9 nitrogen and oxygen atoms in total. The summed E-state index contributed by atoms with van der Waals surface area (Å²) in [5.74, 6) is -0.284.